The smallest absolute Gasteiger partial charge is 0.315 e. The van der Waals surface area contributed by atoms with Crippen LogP contribution in [0.5, 0.6) is 0 Å². The Hall–Kier alpha value is -1.04. The van der Waals surface area contributed by atoms with Crippen LogP contribution in [0, 0.1) is 6.92 Å². The molecular weight excluding hydrogens is 216 g/mol. The number of aromatic nitrogens is 2. The molecule has 0 fully saturated rings. The van der Waals surface area contributed by atoms with Crippen LogP contribution in [0.3, 0.4) is 0 Å². The molecule has 6 heteroatoms. The van der Waals surface area contributed by atoms with E-state index in [2.05, 4.69) is 10.2 Å². The van der Waals surface area contributed by atoms with Gasteiger partial charge in [-0.25, -0.2) is 0 Å². The first-order valence-corrected chi connectivity index (χ1v) is 5.75. The highest BCUT2D eigenvalue weighted by atomic mass is 32.2. The van der Waals surface area contributed by atoms with Gasteiger partial charge in [0, 0.05) is 6.92 Å². The van der Waals surface area contributed by atoms with Crippen LogP contribution in [0.15, 0.2) is 4.42 Å². The van der Waals surface area contributed by atoms with Crippen molar-refractivity contribution in [1.82, 2.24) is 10.2 Å². The van der Waals surface area contributed by atoms with Crippen LogP contribution < -0.4 is 0 Å². The lowest BCUT2D eigenvalue weighted by molar-refractivity contribution is -0.139. The van der Waals surface area contributed by atoms with E-state index in [0.717, 1.165) is 0 Å². The number of hydrogen-bond acceptors (Lipinski definition) is 6. The second-order valence-electron chi connectivity index (χ2n) is 2.92. The fraction of sp³-hybridized carbons (Fsp3) is 0.667. The van der Waals surface area contributed by atoms with Crippen LogP contribution in [-0.4, -0.2) is 28.5 Å². The van der Waals surface area contributed by atoms with Crippen molar-refractivity contribution in [2.24, 2.45) is 0 Å². The maximum absolute atomic E-state index is 11.1. The summed E-state index contributed by atoms with van der Waals surface area (Å²) in [7, 11) is 0. The first-order chi connectivity index (χ1) is 7.13. The van der Waals surface area contributed by atoms with Crippen molar-refractivity contribution in [3.8, 4) is 0 Å². The third-order valence-electron chi connectivity index (χ3n) is 1.65. The molecule has 15 heavy (non-hydrogen) atoms. The summed E-state index contributed by atoms with van der Waals surface area (Å²) in [6, 6.07) is 0. The van der Waals surface area contributed by atoms with Crippen molar-refractivity contribution in [1.29, 1.82) is 0 Å². The number of rotatable bonds is 5. The van der Waals surface area contributed by atoms with Gasteiger partial charge >= 0.3 is 5.97 Å². The Morgan fingerprint density at radius 3 is 2.87 bits per heavy atom. The first kappa shape index (κ1) is 12.0. The molecule has 1 atom stereocenters. The molecule has 0 aliphatic carbocycles. The molecule has 0 aliphatic heterocycles. The molecule has 0 N–H and O–H groups in total. The van der Waals surface area contributed by atoms with Gasteiger partial charge in [-0.3, -0.25) is 4.79 Å². The fourth-order valence-electron chi connectivity index (χ4n) is 0.943. The Kier molecular flexibility index (Phi) is 4.61. The number of carbonyl (C=O) groups excluding carboxylic acids is 1. The average Bonchev–Trinajstić information content (AvgIpc) is 2.62. The monoisotopic (exact) mass is 230 g/mol. The van der Waals surface area contributed by atoms with Gasteiger partial charge < -0.3 is 9.15 Å². The SMILES string of the molecule is CCOC(=O)CS[C@@H](C)c1nnc(C)o1. The zero-order valence-corrected chi connectivity index (χ0v) is 9.84. The molecule has 0 spiro atoms. The van der Waals surface area contributed by atoms with E-state index in [4.69, 9.17) is 9.15 Å². The molecule has 0 saturated carbocycles. The summed E-state index contributed by atoms with van der Waals surface area (Å²) in [5.41, 5.74) is 0. The lowest BCUT2D eigenvalue weighted by atomic mass is 10.5. The van der Waals surface area contributed by atoms with Gasteiger partial charge in [0.25, 0.3) is 0 Å². The largest absolute Gasteiger partial charge is 0.465 e. The fourth-order valence-corrected chi connectivity index (χ4v) is 1.65. The van der Waals surface area contributed by atoms with Gasteiger partial charge in [0.15, 0.2) is 0 Å². The number of hydrogen-bond donors (Lipinski definition) is 0. The van der Waals surface area contributed by atoms with Gasteiger partial charge in [0.05, 0.1) is 17.6 Å². The van der Waals surface area contributed by atoms with Crippen molar-refractivity contribution < 1.29 is 13.9 Å². The second-order valence-corrected chi connectivity index (χ2v) is 4.25. The van der Waals surface area contributed by atoms with E-state index in [1.54, 1.807) is 13.8 Å². The summed E-state index contributed by atoms with van der Waals surface area (Å²) >= 11 is 1.42. The molecule has 0 radical (unpaired) electrons. The Balaban J connectivity index is 2.36. The summed E-state index contributed by atoms with van der Waals surface area (Å²) in [4.78, 5) is 11.1. The van der Waals surface area contributed by atoms with E-state index in [1.807, 2.05) is 6.92 Å². The van der Waals surface area contributed by atoms with E-state index in [1.165, 1.54) is 11.8 Å². The highest BCUT2D eigenvalue weighted by Gasteiger charge is 2.15. The minimum Gasteiger partial charge on any atom is -0.465 e. The Morgan fingerprint density at radius 2 is 2.33 bits per heavy atom. The molecule has 1 heterocycles. The van der Waals surface area contributed by atoms with Gasteiger partial charge in [-0.2, -0.15) is 0 Å². The summed E-state index contributed by atoms with van der Waals surface area (Å²) in [5, 5.41) is 7.61. The third-order valence-corrected chi connectivity index (χ3v) is 2.75. The standard InChI is InChI=1S/C9H14N2O3S/c1-4-13-8(12)5-15-6(2)9-11-10-7(3)14-9/h6H,4-5H2,1-3H3/t6-/m0/s1. The van der Waals surface area contributed by atoms with E-state index in [-0.39, 0.29) is 11.2 Å². The predicted octanol–water partition coefficient (Wildman–Crippen LogP) is 1.74. The van der Waals surface area contributed by atoms with Crippen LogP contribution in [0.25, 0.3) is 0 Å². The molecule has 5 nitrogen and oxygen atoms in total. The van der Waals surface area contributed by atoms with E-state index in [9.17, 15) is 4.79 Å². The van der Waals surface area contributed by atoms with Crippen LogP contribution in [0.2, 0.25) is 0 Å². The quantitative estimate of drug-likeness (QED) is 0.718. The number of nitrogens with zero attached hydrogens (tertiary/aromatic N) is 2. The maximum atomic E-state index is 11.1. The number of aryl methyl sites for hydroxylation is 1. The Morgan fingerprint density at radius 1 is 1.60 bits per heavy atom. The van der Waals surface area contributed by atoms with E-state index < -0.39 is 0 Å². The molecule has 84 valence electrons. The minimum atomic E-state index is -0.217. The summed E-state index contributed by atoms with van der Waals surface area (Å²) in [5.74, 6) is 1.16. The molecule has 1 aromatic rings. The van der Waals surface area contributed by atoms with Gasteiger partial charge in [-0.15, -0.1) is 22.0 Å². The van der Waals surface area contributed by atoms with Gasteiger partial charge in [-0.1, -0.05) is 0 Å². The number of carbonyl (C=O) groups is 1. The summed E-state index contributed by atoms with van der Waals surface area (Å²) < 4.78 is 10.0. The Labute approximate surface area is 92.6 Å². The molecular formula is C9H14N2O3S. The zero-order chi connectivity index (χ0) is 11.3. The maximum Gasteiger partial charge on any atom is 0.315 e. The molecule has 1 rings (SSSR count). The van der Waals surface area contributed by atoms with Gasteiger partial charge in [-0.05, 0) is 13.8 Å². The van der Waals surface area contributed by atoms with Crippen molar-refractivity contribution in [3.05, 3.63) is 11.8 Å². The predicted molar refractivity (Wildman–Crippen MR) is 56.5 cm³/mol. The highest BCUT2D eigenvalue weighted by molar-refractivity contribution is 8.00. The van der Waals surface area contributed by atoms with Crippen molar-refractivity contribution >= 4 is 17.7 Å². The van der Waals surface area contributed by atoms with E-state index >= 15 is 0 Å². The van der Waals surface area contributed by atoms with Crippen molar-refractivity contribution in [2.45, 2.75) is 26.0 Å². The van der Waals surface area contributed by atoms with Gasteiger partial charge in [0.1, 0.15) is 0 Å². The third kappa shape index (κ3) is 3.91. The minimum absolute atomic E-state index is 0.00982. The molecule has 1 aromatic heterocycles. The number of esters is 1. The molecule has 0 amide bonds. The summed E-state index contributed by atoms with van der Waals surface area (Å²) in [6.07, 6.45) is 0. The molecule has 0 aliphatic rings. The van der Waals surface area contributed by atoms with E-state index in [0.29, 0.717) is 24.1 Å². The molecule has 0 aromatic carbocycles. The lowest BCUT2D eigenvalue weighted by Crippen LogP contribution is -2.07. The first-order valence-electron chi connectivity index (χ1n) is 4.70. The zero-order valence-electron chi connectivity index (χ0n) is 9.02. The highest BCUT2D eigenvalue weighted by Crippen LogP contribution is 2.26. The number of thioether (sulfide) groups is 1. The second kappa shape index (κ2) is 5.75. The van der Waals surface area contributed by atoms with Gasteiger partial charge in [0.2, 0.25) is 11.8 Å². The summed E-state index contributed by atoms with van der Waals surface area (Å²) in [6.45, 7) is 5.84. The van der Waals surface area contributed by atoms with Crippen molar-refractivity contribution in [3.63, 3.8) is 0 Å². The molecule has 0 unspecified atom stereocenters. The average molecular weight is 230 g/mol. The van der Waals surface area contributed by atoms with Crippen LogP contribution >= 0.6 is 11.8 Å². The molecule has 0 bridgehead atoms. The van der Waals surface area contributed by atoms with Crippen LogP contribution in [0.1, 0.15) is 30.9 Å². The Bertz CT molecular complexity index is 327. The van der Waals surface area contributed by atoms with Crippen LogP contribution in [0.4, 0.5) is 0 Å². The van der Waals surface area contributed by atoms with Crippen LogP contribution in [-0.2, 0) is 9.53 Å². The van der Waals surface area contributed by atoms with Crippen molar-refractivity contribution in [2.75, 3.05) is 12.4 Å². The topological polar surface area (TPSA) is 65.2 Å². The number of ether oxygens (including phenoxy) is 1. The lowest BCUT2D eigenvalue weighted by Gasteiger charge is -2.05. The normalized spacial score (nSPS) is 12.5. The molecule has 0 saturated heterocycles.